The molecule has 0 spiro atoms. The molecule has 0 aliphatic rings. The minimum absolute atomic E-state index is 0.625. The largest absolute Gasteiger partial charge is 0.399 e. The Labute approximate surface area is 167 Å². The fourth-order valence-corrected chi connectivity index (χ4v) is 3.56. The van der Waals surface area contributed by atoms with E-state index in [1.54, 1.807) is 0 Å². The van der Waals surface area contributed by atoms with Crippen molar-refractivity contribution in [1.29, 1.82) is 0 Å². The number of aromatic nitrogens is 2. The maximum Gasteiger partial charge on any atom is 0.180 e. The lowest BCUT2D eigenvalue weighted by Crippen LogP contribution is -2.03. The van der Waals surface area contributed by atoms with Gasteiger partial charge in [-0.3, -0.25) is 0 Å². The first kappa shape index (κ1) is 17.9. The SMILES string of the molecule is Cc1cc(N)cc(Nc2nc3ccccc3nc2NSc2cccc(N)c2)c1. The first-order valence-corrected chi connectivity index (χ1v) is 9.58. The molecule has 4 aromatic rings. The van der Waals surface area contributed by atoms with Crippen LogP contribution in [0, 0.1) is 6.92 Å². The first-order valence-electron chi connectivity index (χ1n) is 8.76. The maximum absolute atomic E-state index is 5.98. The summed E-state index contributed by atoms with van der Waals surface area (Å²) in [5.74, 6) is 1.26. The number of rotatable bonds is 5. The first-order chi connectivity index (χ1) is 13.6. The van der Waals surface area contributed by atoms with Crippen LogP contribution in [0.15, 0.2) is 71.6 Å². The molecule has 1 heterocycles. The van der Waals surface area contributed by atoms with E-state index in [-0.39, 0.29) is 0 Å². The molecule has 6 N–H and O–H groups in total. The zero-order valence-electron chi connectivity index (χ0n) is 15.3. The predicted octanol–water partition coefficient (Wildman–Crippen LogP) is 4.97. The lowest BCUT2D eigenvalue weighted by molar-refractivity contribution is 1.28. The van der Waals surface area contributed by atoms with Crippen molar-refractivity contribution in [3.05, 3.63) is 72.3 Å². The van der Waals surface area contributed by atoms with E-state index >= 15 is 0 Å². The fraction of sp³-hybridized carbons (Fsp3) is 0.0476. The highest BCUT2D eigenvalue weighted by Crippen LogP contribution is 2.30. The molecule has 4 rings (SSSR count). The second-order valence-electron chi connectivity index (χ2n) is 6.44. The van der Waals surface area contributed by atoms with Crippen LogP contribution in [0.1, 0.15) is 5.56 Å². The van der Waals surface area contributed by atoms with Crippen LogP contribution in [0.3, 0.4) is 0 Å². The van der Waals surface area contributed by atoms with Gasteiger partial charge in [0.25, 0.3) is 0 Å². The Kier molecular flexibility index (Phi) is 4.90. The Morgan fingerprint density at radius 3 is 2.25 bits per heavy atom. The third-order valence-corrected chi connectivity index (χ3v) is 4.84. The van der Waals surface area contributed by atoms with Gasteiger partial charge in [-0.25, -0.2) is 9.97 Å². The predicted molar refractivity (Wildman–Crippen MR) is 119 cm³/mol. The highest BCUT2D eigenvalue weighted by atomic mass is 32.2. The molecule has 0 aliphatic carbocycles. The molecule has 0 bridgehead atoms. The Morgan fingerprint density at radius 1 is 0.786 bits per heavy atom. The van der Waals surface area contributed by atoms with Crippen LogP contribution >= 0.6 is 11.9 Å². The second-order valence-corrected chi connectivity index (χ2v) is 7.32. The fourth-order valence-electron chi connectivity index (χ4n) is 2.87. The summed E-state index contributed by atoms with van der Waals surface area (Å²) in [6, 6.07) is 21.2. The lowest BCUT2D eigenvalue weighted by atomic mass is 10.2. The van der Waals surface area contributed by atoms with Crippen LogP contribution in [-0.4, -0.2) is 9.97 Å². The van der Waals surface area contributed by atoms with Crippen molar-refractivity contribution in [2.75, 3.05) is 21.5 Å². The molecule has 0 amide bonds. The minimum atomic E-state index is 0.625. The van der Waals surface area contributed by atoms with Crippen LogP contribution in [-0.2, 0) is 0 Å². The van der Waals surface area contributed by atoms with Crippen LogP contribution in [0.2, 0.25) is 0 Å². The standard InChI is InChI=1S/C21H20N6S/c1-13-9-15(23)11-16(10-13)24-20-21(26-19-8-3-2-7-18(19)25-20)27-28-17-6-4-5-14(22)12-17/h2-12H,22-23H2,1H3,(H,24,25)(H,26,27). The van der Waals surface area contributed by atoms with Crippen molar-refractivity contribution in [2.24, 2.45) is 0 Å². The summed E-state index contributed by atoms with van der Waals surface area (Å²) in [4.78, 5) is 10.5. The van der Waals surface area contributed by atoms with Gasteiger partial charge in [0.15, 0.2) is 11.6 Å². The molecular formula is C21H20N6S. The summed E-state index contributed by atoms with van der Waals surface area (Å²) in [6.45, 7) is 2.00. The molecule has 28 heavy (non-hydrogen) atoms. The van der Waals surface area contributed by atoms with E-state index in [1.165, 1.54) is 11.9 Å². The third-order valence-electron chi connectivity index (χ3n) is 4.06. The van der Waals surface area contributed by atoms with Gasteiger partial charge in [0.1, 0.15) is 0 Å². The number of anilines is 5. The number of benzene rings is 3. The number of fused-ring (bicyclic) bond motifs is 1. The molecular weight excluding hydrogens is 368 g/mol. The van der Waals surface area contributed by atoms with E-state index in [9.17, 15) is 0 Å². The molecule has 3 aromatic carbocycles. The van der Waals surface area contributed by atoms with Crippen molar-refractivity contribution in [3.63, 3.8) is 0 Å². The molecule has 7 heteroatoms. The summed E-state index contributed by atoms with van der Waals surface area (Å²) < 4.78 is 3.29. The molecule has 140 valence electrons. The number of hydrogen-bond donors (Lipinski definition) is 4. The Balaban J connectivity index is 1.69. The lowest BCUT2D eigenvalue weighted by Gasteiger charge is -2.14. The van der Waals surface area contributed by atoms with Gasteiger partial charge >= 0.3 is 0 Å². The Bertz CT molecular complexity index is 1120. The van der Waals surface area contributed by atoms with E-state index in [4.69, 9.17) is 21.4 Å². The number of nitrogen functional groups attached to an aromatic ring is 2. The van der Waals surface area contributed by atoms with E-state index in [2.05, 4.69) is 10.0 Å². The van der Waals surface area contributed by atoms with Crippen LogP contribution in [0.5, 0.6) is 0 Å². The quantitative estimate of drug-likeness (QED) is 0.283. The van der Waals surface area contributed by atoms with Crippen LogP contribution < -0.4 is 21.5 Å². The topological polar surface area (TPSA) is 102 Å². The van der Waals surface area contributed by atoms with Crippen molar-refractivity contribution >= 4 is 51.7 Å². The number of nitrogens with zero attached hydrogens (tertiary/aromatic N) is 2. The molecule has 1 aromatic heterocycles. The van der Waals surface area contributed by atoms with Gasteiger partial charge in [-0.2, -0.15) is 0 Å². The molecule has 6 nitrogen and oxygen atoms in total. The van der Waals surface area contributed by atoms with Crippen molar-refractivity contribution in [2.45, 2.75) is 11.8 Å². The van der Waals surface area contributed by atoms with Gasteiger partial charge in [0.2, 0.25) is 0 Å². The van der Waals surface area contributed by atoms with Gasteiger partial charge in [0, 0.05) is 22.0 Å². The van der Waals surface area contributed by atoms with Gasteiger partial charge in [-0.1, -0.05) is 18.2 Å². The summed E-state index contributed by atoms with van der Waals surface area (Å²) in [7, 11) is 0. The highest BCUT2D eigenvalue weighted by molar-refractivity contribution is 8.00. The van der Waals surface area contributed by atoms with E-state index < -0.39 is 0 Å². The monoisotopic (exact) mass is 388 g/mol. The van der Waals surface area contributed by atoms with E-state index in [0.29, 0.717) is 23.0 Å². The number of nitrogens with two attached hydrogens (primary N) is 2. The number of hydrogen-bond acceptors (Lipinski definition) is 7. The summed E-state index contributed by atoms with van der Waals surface area (Å²) in [5, 5.41) is 3.34. The molecule has 0 aliphatic heterocycles. The van der Waals surface area contributed by atoms with Crippen molar-refractivity contribution in [3.8, 4) is 0 Å². The smallest absolute Gasteiger partial charge is 0.180 e. The van der Waals surface area contributed by atoms with Gasteiger partial charge < -0.3 is 21.5 Å². The second kappa shape index (κ2) is 7.66. The van der Waals surface area contributed by atoms with Gasteiger partial charge in [-0.05, 0) is 73.0 Å². The highest BCUT2D eigenvalue weighted by Gasteiger charge is 2.10. The summed E-state index contributed by atoms with van der Waals surface area (Å²) >= 11 is 1.43. The molecule has 0 radical (unpaired) electrons. The van der Waals surface area contributed by atoms with E-state index in [0.717, 1.165) is 27.2 Å². The number of para-hydroxylation sites is 2. The number of nitrogens with one attached hydrogen (secondary N) is 2. The zero-order valence-corrected chi connectivity index (χ0v) is 16.1. The minimum Gasteiger partial charge on any atom is -0.399 e. The van der Waals surface area contributed by atoms with Crippen molar-refractivity contribution < 1.29 is 0 Å². The van der Waals surface area contributed by atoms with Gasteiger partial charge in [-0.15, -0.1) is 0 Å². The molecule has 0 atom stereocenters. The summed E-state index contributed by atoms with van der Waals surface area (Å²) in [5.41, 5.74) is 16.8. The average molecular weight is 389 g/mol. The molecule has 0 unspecified atom stereocenters. The summed E-state index contributed by atoms with van der Waals surface area (Å²) in [6.07, 6.45) is 0. The van der Waals surface area contributed by atoms with E-state index in [1.807, 2.05) is 73.7 Å². The van der Waals surface area contributed by atoms with Gasteiger partial charge in [0.05, 0.1) is 11.0 Å². The molecule has 0 saturated carbocycles. The maximum atomic E-state index is 5.98. The normalized spacial score (nSPS) is 10.8. The Morgan fingerprint density at radius 2 is 1.54 bits per heavy atom. The molecule has 0 saturated heterocycles. The van der Waals surface area contributed by atoms with Crippen LogP contribution in [0.25, 0.3) is 11.0 Å². The molecule has 0 fully saturated rings. The Hall–Kier alpha value is -3.45. The third kappa shape index (κ3) is 4.10. The van der Waals surface area contributed by atoms with Crippen molar-refractivity contribution in [1.82, 2.24) is 9.97 Å². The number of aryl methyl sites for hydroxylation is 1. The zero-order chi connectivity index (χ0) is 19.5. The average Bonchev–Trinajstić information content (AvgIpc) is 2.65. The van der Waals surface area contributed by atoms with Crippen LogP contribution in [0.4, 0.5) is 28.7 Å².